The first-order valence-electron chi connectivity index (χ1n) is 11.5. The quantitative estimate of drug-likeness (QED) is 0.300. The number of carbonyl (C=O) groups is 1. The van der Waals surface area contributed by atoms with Gasteiger partial charge in [-0.1, -0.05) is 18.2 Å². The Hall–Kier alpha value is -4.55. The van der Waals surface area contributed by atoms with E-state index in [2.05, 4.69) is 21.8 Å². The maximum atomic E-state index is 12.3. The molecule has 0 aliphatic rings. The molecule has 0 saturated carbocycles. The van der Waals surface area contributed by atoms with Gasteiger partial charge in [-0.2, -0.15) is 10.4 Å². The number of hydrogen-bond donors (Lipinski definition) is 2. The van der Waals surface area contributed by atoms with Crippen LogP contribution in [0.1, 0.15) is 17.5 Å². The highest BCUT2D eigenvalue weighted by Gasteiger charge is 2.17. The summed E-state index contributed by atoms with van der Waals surface area (Å²) in [5.74, 6) is 1.45. The van der Waals surface area contributed by atoms with Crippen LogP contribution in [0.25, 0.3) is 5.52 Å². The smallest absolute Gasteiger partial charge is 0.411 e. The Kier molecular flexibility index (Phi) is 7.68. The second-order valence-electron chi connectivity index (χ2n) is 8.49. The lowest BCUT2D eigenvalue weighted by molar-refractivity contribution is 0.156. The van der Waals surface area contributed by atoms with Crippen LogP contribution in [0.5, 0.6) is 11.5 Å². The molecule has 0 aliphatic heterocycles. The van der Waals surface area contributed by atoms with Crippen LogP contribution >= 0.6 is 0 Å². The van der Waals surface area contributed by atoms with Crippen molar-refractivity contribution >= 4 is 28.7 Å². The Balaban J connectivity index is 1.52. The second kappa shape index (κ2) is 11.3. The molecule has 1 amide bonds. The van der Waals surface area contributed by atoms with E-state index < -0.39 is 6.09 Å². The Morgan fingerprint density at radius 2 is 1.83 bits per heavy atom. The van der Waals surface area contributed by atoms with E-state index in [1.165, 1.54) is 6.20 Å². The number of rotatable bonds is 9. The minimum Gasteiger partial charge on any atom is -0.457 e. The summed E-state index contributed by atoms with van der Waals surface area (Å²) in [5, 5.41) is 20.2. The van der Waals surface area contributed by atoms with Gasteiger partial charge in [0.1, 0.15) is 17.6 Å². The molecule has 2 aromatic heterocycles. The van der Waals surface area contributed by atoms with Crippen LogP contribution in [0.2, 0.25) is 0 Å². The van der Waals surface area contributed by atoms with Crippen LogP contribution in [0.15, 0.2) is 67.0 Å². The van der Waals surface area contributed by atoms with Gasteiger partial charge >= 0.3 is 6.09 Å². The third kappa shape index (κ3) is 5.92. The molecule has 9 nitrogen and oxygen atoms in total. The molecule has 0 bridgehead atoms. The van der Waals surface area contributed by atoms with Gasteiger partial charge in [0.05, 0.1) is 41.5 Å². The maximum Gasteiger partial charge on any atom is 0.411 e. The van der Waals surface area contributed by atoms with E-state index >= 15 is 0 Å². The van der Waals surface area contributed by atoms with Crippen LogP contribution in [0.3, 0.4) is 0 Å². The number of hydrogen-bond acceptors (Lipinski definition) is 7. The van der Waals surface area contributed by atoms with Gasteiger partial charge in [0.15, 0.2) is 0 Å². The average molecular weight is 485 g/mol. The molecule has 2 N–H and O–H groups in total. The van der Waals surface area contributed by atoms with E-state index in [0.29, 0.717) is 34.8 Å². The number of fused-ring (bicyclic) bond motifs is 1. The Bertz CT molecular complexity index is 1370. The van der Waals surface area contributed by atoms with Gasteiger partial charge in [-0.3, -0.25) is 5.32 Å². The van der Waals surface area contributed by atoms with Gasteiger partial charge in [-0.25, -0.2) is 9.31 Å². The van der Waals surface area contributed by atoms with Crippen molar-refractivity contribution < 1.29 is 14.3 Å². The molecule has 0 radical (unpaired) electrons. The fourth-order valence-electron chi connectivity index (χ4n) is 3.69. The Morgan fingerprint density at radius 3 is 2.53 bits per heavy atom. The summed E-state index contributed by atoms with van der Waals surface area (Å²) in [6.45, 7) is 3.02. The van der Waals surface area contributed by atoms with Crippen molar-refractivity contribution in [2.24, 2.45) is 0 Å². The highest BCUT2D eigenvalue weighted by atomic mass is 16.5. The number of carbonyl (C=O) groups excluding carboxylic acids is 1. The number of nitrogens with one attached hydrogen (secondary N) is 2. The standard InChI is InChI=1S/C27H28N6O3/c1-19-24(31-27(34)35-15-7-14-32(2)3)18-33-26(19)25(20(16-28)17-29-33)30-21-10-12-23(13-11-21)36-22-8-5-4-6-9-22/h4-6,8-13,17-18,30H,7,14-15H2,1-3H3,(H,31,34). The summed E-state index contributed by atoms with van der Waals surface area (Å²) in [7, 11) is 3.94. The number of anilines is 3. The van der Waals surface area contributed by atoms with Gasteiger partial charge in [0, 0.05) is 17.8 Å². The maximum absolute atomic E-state index is 12.3. The van der Waals surface area contributed by atoms with E-state index in [0.717, 1.165) is 30.0 Å². The summed E-state index contributed by atoms with van der Waals surface area (Å²) < 4.78 is 12.8. The lowest BCUT2D eigenvalue weighted by Crippen LogP contribution is -2.18. The van der Waals surface area contributed by atoms with E-state index in [9.17, 15) is 10.1 Å². The fourth-order valence-corrected chi connectivity index (χ4v) is 3.69. The van der Waals surface area contributed by atoms with Crippen LogP contribution < -0.4 is 15.4 Å². The van der Waals surface area contributed by atoms with Gasteiger partial charge in [0.2, 0.25) is 0 Å². The highest BCUT2D eigenvalue weighted by Crippen LogP contribution is 2.33. The molecule has 0 fully saturated rings. The Morgan fingerprint density at radius 1 is 1.11 bits per heavy atom. The predicted molar refractivity (Wildman–Crippen MR) is 139 cm³/mol. The van der Waals surface area contributed by atoms with Crippen LogP contribution in [-0.2, 0) is 4.74 Å². The molecule has 0 unspecified atom stereocenters. The van der Waals surface area contributed by atoms with E-state index in [1.54, 1.807) is 10.7 Å². The molecule has 4 rings (SSSR count). The molecule has 0 spiro atoms. The number of benzene rings is 2. The van der Waals surface area contributed by atoms with E-state index in [4.69, 9.17) is 9.47 Å². The molecular weight excluding hydrogens is 456 g/mol. The zero-order valence-electron chi connectivity index (χ0n) is 20.5. The third-order valence-electron chi connectivity index (χ3n) is 5.50. The van der Waals surface area contributed by atoms with Crippen molar-refractivity contribution in [2.45, 2.75) is 13.3 Å². The predicted octanol–water partition coefficient (Wildman–Crippen LogP) is 5.55. The van der Waals surface area contributed by atoms with Crippen molar-refractivity contribution in [3.63, 3.8) is 0 Å². The van der Waals surface area contributed by atoms with E-state index in [-0.39, 0.29) is 0 Å². The molecular formula is C27H28N6O3. The fraction of sp³-hybridized carbons (Fsp3) is 0.222. The number of ether oxygens (including phenoxy) is 2. The monoisotopic (exact) mass is 484 g/mol. The summed E-state index contributed by atoms with van der Waals surface area (Å²) in [4.78, 5) is 14.3. The number of para-hydroxylation sites is 1. The summed E-state index contributed by atoms with van der Waals surface area (Å²) >= 11 is 0. The van der Waals surface area contributed by atoms with Crippen molar-refractivity contribution in [1.29, 1.82) is 5.26 Å². The van der Waals surface area contributed by atoms with Crippen molar-refractivity contribution in [3.05, 3.63) is 78.1 Å². The molecule has 4 aromatic rings. The van der Waals surface area contributed by atoms with E-state index in [1.807, 2.05) is 80.5 Å². The number of aromatic nitrogens is 2. The van der Waals surface area contributed by atoms with Gasteiger partial charge in [-0.05, 0) is 63.8 Å². The summed E-state index contributed by atoms with van der Waals surface area (Å²) in [6, 6.07) is 19.2. The lowest BCUT2D eigenvalue weighted by Gasteiger charge is -2.12. The normalized spacial score (nSPS) is 10.8. The highest BCUT2D eigenvalue weighted by molar-refractivity contribution is 5.92. The second-order valence-corrected chi connectivity index (χ2v) is 8.49. The molecule has 2 heterocycles. The summed E-state index contributed by atoms with van der Waals surface area (Å²) in [5.41, 5.74) is 3.75. The first-order valence-corrected chi connectivity index (χ1v) is 11.5. The summed E-state index contributed by atoms with van der Waals surface area (Å²) in [6.07, 6.45) is 3.41. The minimum atomic E-state index is -0.531. The van der Waals surface area contributed by atoms with Gasteiger partial charge in [0.25, 0.3) is 0 Å². The zero-order chi connectivity index (χ0) is 25.5. The molecule has 0 aliphatic carbocycles. The molecule has 184 valence electrons. The van der Waals surface area contributed by atoms with Gasteiger partial charge in [-0.15, -0.1) is 0 Å². The number of nitrogens with zero attached hydrogens (tertiary/aromatic N) is 4. The molecule has 0 atom stereocenters. The van der Waals surface area contributed by atoms with Gasteiger partial charge < -0.3 is 19.7 Å². The molecule has 36 heavy (non-hydrogen) atoms. The minimum absolute atomic E-state index is 0.323. The molecule has 2 aromatic carbocycles. The number of aryl methyl sites for hydroxylation is 1. The Labute approximate surface area is 209 Å². The SMILES string of the molecule is Cc1c(NC(=O)OCCCN(C)C)cn2ncc(C#N)c(Nc3ccc(Oc4ccccc4)cc3)c12. The van der Waals surface area contributed by atoms with Crippen LogP contribution in [0.4, 0.5) is 21.9 Å². The van der Waals surface area contributed by atoms with Crippen molar-refractivity contribution in [1.82, 2.24) is 14.5 Å². The third-order valence-corrected chi connectivity index (χ3v) is 5.50. The molecule has 9 heteroatoms. The first-order chi connectivity index (χ1) is 17.4. The number of nitriles is 1. The van der Waals surface area contributed by atoms with Crippen LogP contribution in [0, 0.1) is 18.3 Å². The zero-order valence-corrected chi connectivity index (χ0v) is 20.5. The largest absolute Gasteiger partial charge is 0.457 e. The van der Waals surface area contributed by atoms with Crippen LogP contribution in [-0.4, -0.2) is 47.9 Å². The van der Waals surface area contributed by atoms with Crippen molar-refractivity contribution in [3.8, 4) is 17.6 Å². The lowest BCUT2D eigenvalue weighted by atomic mass is 10.1. The average Bonchev–Trinajstić information content (AvgIpc) is 3.19. The van der Waals surface area contributed by atoms with Crippen molar-refractivity contribution in [2.75, 3.05) is 37.9 Å². The topological polar surface area (TPSA) is 104 Å². The number of amides is 1. The molecule has 0 saturated heterocycles. The first kappa shape index (κ1) is 24.6.